The lowest BCUT2D eigenvalue weighted by atomic mass is 10.2. The second kappa shape index (κ2) is 8.94. The molecule has 1 aromatic carbocycles. The monoisotopic (exact) mass is 301 g/mol. The van der Waals surface area contributed by atoms with Crippen molar-refractivity contribution in [3.8, 4) is 5.75 Å². The van der Waals surface area contributed by atoms with Crippen LogP contribution in [0, 0.1) is 0 Å². The first-order valence-corrected chi connectivity index (χ1v) is 8.44. The molecule has 0 heterocycles. The highest BCUT2D eigenvalue weighted by molar-refractivity contribution is 7.89. The highest BCUT2D eigenvalue weighted by Crippen LogP contribution is 2.13. The van der Waals surface area contributed by atoms with Crippen molar-refractivity contribution in [3.05, 3.63) is 29.8 Å². The maximum atomic E-state index is 10.7. The summed E-state index contributed by atoms with van der Waals surface area (Å²) < 4.78 is 32.1. The summed E-state index contributed by atoms with van der Waals surface area (Å²) in [6, 6.07) is 7.78. The predicted octanol–water partition coefficient (Wildman–Crippen LogP) is 2.06. The van der Waals surface area contributed by atoms with Gasteiger partial charge in [0.2, 0.25) is 10.0 Å². The van der Waals surface area contributed by atoms with Crippen LogP contribution in [-0.4, -0.2) is 27.9 Å². The molecule has 114 valence electrons. The lowest BCUT2D eigenvalue weighted by Crippen LogP contribution is -2.16. The summed E-state index contributed by atoms with van der Waals surface area (Å²) >= 11 is 0. The number of unbranched alkanes of at least 4 members (excludes halogenated alkanes) is 3. The Bertz CT molecular complexity index is 488. The zero-order chi connectivity index (χ0) is 14.8. The number of ether oxygens (including phenoxy) is 2. The summed E-state index contributed by atoms with van der Waals surface area (Å²) in [5, 5.41) is 4.92. The van der Waals surface area contributed by atoms with Crippen molar-refractivity contribution in [2.75, 3.05) is 19.5 Å². The van der Waals surface area contributed by atoms with Gasteiger partial charge in [0.1, 0.15) is 5.75 Å². The molecule has 0 atom stereocenters. The summed E-state index contributed by atoms with van der Waals surface area (Å²) in [5.74, 6) is 0.895. The quantitative estimate of drug-likeness (QED) is 0.671. The van der Waals surface area contributed by atoms with Gasteiger partial charge in [-0.3, -0.25) is 0 Å². The molecule has 0 aliphatic carbocycles. The van der Waals surface area contributed by atoms with Crippen molar-refractivity contribution >= 4 is 10.0 Å². The van der Waals surface area contributed by atoms with E-state index in [4.69, 9.17) is 14.6 Å². The number of hydrogen-bond acceptors (Lipinski definition) is 4. The maximum absolute atomic E-state index is 10.7. The van der Waals surface area contributed by atoms with Gasteiger partial charge in [-0.15, -0.1) is 0 Å². The van der Waals surface area contributed by atoms with Crippen LogP contribution in [0.25, 0.3) is 0 Å². The van der Waals surface area contributed by atoms with Crippen LogP contribution in [0.3, 0.4) is 0 Å². The molecular formula is C14H23NO4S. The van der Waals surface area contributed by atoms with Gasteiger partial charge in [0.15, 0.2) is 0 Å². The summed E-state index contributed by atoms with van der Waals surface area (Å²) in [5.41, 5.74) is 1.08. The van der Waals surface area contributed by atoms with Crippen molar-refractivity contribution in [2.45, 2.75) is 32.3 Å². The molecule has 0 amide bonds. The average molecular weight is 301 g/mol. The van der Waals surface area contributed by atoms with E-state index in [-0.39, 0.29) is 5.75 Å². The molecule has 0 fully saturated rings. The van der Waals surface area contributed by atoms with E-state index in [1.165, 1.54) is 0 Å². The molecule has 0 saturated carbocycles. The third-order valence-corrected chi connectivity index (χ3v) is 3.73. The first-order chi connectivity index (χ1) is 9.51. The Labute approximate surface area is 121 Å². The summed E-state index contributed by atoms with van der Waals surface area (Å²) in [4.78, 5) is 0. The summed E-state index contributed by atoms with van der Waals surface area (Å²) in [7, 11) is -1.67. The fourth-order valence-corrected chi connectivity index (χ4v) is 2.42. The number of rotatable bonds is 10. The van der Waals surface area contributed by atoms with E-state index in [0.717, 1.165) is 30.6 Å². The Morgan fingerprint density at radius 3 is 2.60 bits per heavy atom. The van der Waals surface area contributed by atoms with Gasteiger partial charge in [0.05, 0.1) is 19.5 Å². The Morgan fingerprint density at radius 2 is 1.90 bits per heavy atom. The molecule has 0 spiro atoms. The zero-order valence-electron chi connectivity index (χ0n) is 11.9. The lowest BCUT2D eigenvalue weighted by molar-refractivity contribution is 0.116. The van der Waals surface area contributed by atoms with E-state index in [1.54, 1.807) is 7.11 Å². The molecule has 0 aliphatic heterocycles. The van der Waals surface area contributed by atoms with E-state index in [1.807, 2.05) is 24.3 Å². The second-order valence-corrected chi connectivity index (χ2v) is 6.42. The normalized spacial score (nSPS) is 11.5. The van der Waals surface area contributed by atoms with Crippen molar-refractivity contribution in [3.63, 3.8) is 0 Å². The maximum Gasteiger partial charge on any atom is 0.209 e. The van der Waals surface area contributed by atoms with Crippen LogP contribution >= 0.6 is 0 Å². The molecule has 0 saturated heterocycles. The van der Waals surface area contributed by atoms with E-state index < -0.39 is 10.0 Å². The van der Waals surface area contributed by atoms with E-state index in [2.05, 4.69) is 0 Å². The number of nitrogens with two attached hydrogens (primary N) is 1. The summed E-state index contributed by atoms with van der Waals surface area (Å²) in [6.45, 7) is 1.24. The van der Waals surface area contributed by atoms with Gasteiger partial charge < -0.3 is 9.47 Å². The fraction of sp³-hybridized carbons (Fsp3) is 0.571. The standard InChI is InChI=1S/C14H23NO4S/c1-18-14-8-6-7-13(11-14)12-19-9-4-2-3-5-10-20(15,16)17/h6-8,11H,2-5,9-10,12H2,1H3,(H2,15,16,17). The Hall–Kier alpha value is -1.11. The van der Waals surface area contributed by atoms with Crippen LogP contribution in [0.5, 0.6) is 5.75 Å². The van der Waals surface area contributed by atoms with Crippen LogP contribution in [0.2, 0.25) is 0 Å². The van der Waals surface area contributed by atoms with Gasteiger partial charge in [-0.1, -0.05) is 25.0 Å². The van der Waals surface area contributed by atoms with E-state index in [0.29, 0.717) is 19.6 Å². The SMILES string of the molecule is COc1cccc(COCCCCCCS(N)(=O)=O)c1. The molecule has 5 nitrogen and oxygen atoms in total. The van der Waals surface area contributed by atoms with Crippen LogP contribution < -0.4 is 9.88 Å². The van der Waals surface area contributed by atoms with E-state index in [9.17, 15) is 8.42 Å². The second-order valence-electron chi connectivity index (χ2n) is 4.69. The third kappa shape index (κ3) is 8.14. The lowest BCUT2D eigenvalue weighted by Gasteiger charge is -2.06. The number of benzene rings is 1. The molecule has 2 N–H and O–H groups in total. The minimum Gasteiger partial charge on any atom is -0.497 e. The molecule has 6 heteroatoms. The molecule has 0 unspecified atom stereocenters. The fourth-order valence-electron chi connectivity index (χ4n) is 1.81. The zero-order valence-corrected chi connectivity index (χ0v) is 12.7. The smallest absolute Gasteiger partial charge is 0.209 e. The first kappa shape index (κ1) is 16.9. The van der Waals surface area contributed by atoms with Crippen LogP contribution in [0.15, 0.2) is 24.3 Å². The van der Waals surface area contributed by atoms with Gasteiger partial charge in [0, 0.05) is 6.61 Å². The van der Waals surface area contributed by atoms with Gasteiger partial charge in [-0.05, 0) is 30.5 Å². The molecule has 1 rings (SSSR count). The number of sulfonamides is 1. The minimum absolute atomic E-state index is 0.0671. The highest BCUT2D eigenvalue weighted by Gasteiger charge is 2.01. The Kier molecular flexibility index (Phi) is 7.58. The molecule has 0 aromatic heterocycles. The first-order valence-electron chi connectivity index (χ1n) is 6.72. The van der Waals surface area contributed by atoms with Crippen LogP contribution in [0.4, 0.5) is 0 Å². The van der Waals surface area contributed by atoms with Gasteiger partial charge >= 0.3 is 0 Å². The highest BCUT2D eigenvalue weighted by atomic mass is 32.2. The number of methoxy groups -OCH3 is 1. The van der Waals surface area contributed by atoms with Crippen molar-refractivity contribution in [2.24, 2.45) is 5.14 Å². The topological polar surface area (TPSA) is 78.6 Å². The minimum atomic E-state index is -3.31. The average Bonchev–Trinajstić information content (AvgIpc) is 2.41. The third-order valence-electron chi connectivity index (χ3n) is 2.87. The van der Waals surface area contributed by atoms with Crippen molar-refractivity contribution in [1.29, 1.82) is 0 Å². The van der Waals surface area contributed by atoms with Crippen molar-refractivity contribution in [1.82, 2.24) is 0 Å². The van der Waals surface area contributed by atoms with Crippen LogP contribution in [-0.2, 0) is 21.4 Å². The van der Waals surface area contributed by atoms with Gasteiger partial charge in [-0.2, -0.15) is 0 Å². The Morgan fingerprint density at radius 1 is 1.15 bits per heavy atom. The molecule has 0 aliphatic rings. The van der Waals surface area contributed by atoms with Gasteiger partial charge in [-0.25, -0.2) is 13.6 Å². The molecule has 20 heavy (non-hydrogen) atoms. The molecule has 1 aromatic rings. The molecular weight excluding hydrogens is 278 g/mol. The van der Waals surface area contributed by atoms with E-state index >= 15 is 0 Å². The van der Waals surface area contributed by atoms with Gasteiger partial charge in [0.25, 0.3) is 0 Å². The summed E-state index contributed by atoms with van der Waals surface area (Å²) in [6.07, 6.45) is 3.36. The largest absolute Gasteiger partial charge is 0.497 e. The number of primary sulfonamides is 1. The molecule has 0 bridgehead atoms. The Balaban J connectivity index is 2.04. The number of hydrogen-bond donors (Lipinski definition) is 1. The van der Waals surface area contributed by atoms with Crippen LogP contribution in [0.1, 0.15) is 31.2 Å². The molecule has 0 radical (unpaired) electrons. The van der Waals surface area contributed by atoms with Crippen molar-refractivity contribution < 1.29 is 17.9 Å². The predicted molar refractivity (Wildman–Crippen MR) is 79.1 cm³/mol.